The molecule has 6 nitrogen and oxygen atoms in total. The number of H-pyrrole nitrogens is 1. The van der Waals surface area contributed by atoms with Crippen LogP contribution in [0.15, 0.2) is 21.8 Å². The van der Waals surface area contributed by atoms with Crippen LogP contribution in [0.2, 0.25) is 0 Å². The van der Waals surface area contributed by atoms with Gasteiger partial charge in [0, 0.05) is 33.7 Å². The Labute approximate surface area is 150 Å². The molecule has 4 rings (SSSR count). The summed E-state index contributed by atoms with van der Waals surface area (Å²) in [7, 11) is -3.48. The summed E-state index contributed by atoms with van der Waals surface area (Å²) >= 11 is 1.49. The molecule has 0 aromatic carbocycles. The molecule has 134 valence electrons. The molecule has 25 heavy (non-hydrogen) atoms. The van der Waals surface area contributed by atoms with Crippen LogP contribution < -0.4 is 10.3 Å². The molecule has 0 saturated heterocycles. The molecule has 0 bridgehead atoms. The van der Waals surface area contributed by atoms with Crippen LogP contribution in [0.3, 0.4) is 0 Å². The van der Waals surface area contributed by atoms with E-state index in [1.54, 1.807) is 12.1 Å². The number of aromatic amines is 1. The van der Waals surface area contributed by atoms with Gasteiger partial charge in [0.2, 0.25) is 10.0 Å². The topological polar surface area (TPSA) is 91.9 Å². The summed E-state index contributed by atoms with van der Waals surface area (Å²) in [4.78, 5) is 21.4. The van der Waals surface area contributed by atoms with Gasteiger partial charge in [-0.2, -0.15) is 0 Å². The lowest BCUT2D eigenvalue weighted by atomic mass is 9.78. The van der Waals surface area contributed by atoms with E-state index in [4.69, 9.17) is 0 Å². The van der Waals surface area contributed by atoms with Crippen LogP contribution in [-0.4, -0.2) is 24.4 Å². The largest absolute Gasteiger partial charge is 0.310 e. The Bertz CT molecular complexity index is 967. The number of rotatable bonds is 5. The van der Waals surface area contributed by atoms with Crippen LogP contribution in [0, 0.1) is 13.8 Å². The Kier molecular flexibility index (Phi) is 4.09. The van der Waals surface area contributed by atoms with Crippen LogP contribution >= 0.6 is 11.3 Å². The molecule has 2 aromatic rings. The number of nitrogens with zero attached hydrogens (tertiary/aromatic N) is 1. The third-order valence-corrected chi connectivity index (χ3v) is 7.65. The minimum absolute atomic E-state index is 0.0972. The first-order chi connectivity index (χ1) is 11.8. The molecule has 2 fully saturated rings. The van der Waals surface area contributed by atoms with Crippen molar-refractivity contribution in [1.29, 1.82) is 0 Å². The first-order valence-electron chi connectivity index (χ1n) is 8.52. The van der Waals surface area contributed by atoms with Gasteiger partial charge >= 0.3 is 0 Å². The van der Waals surface area contributed by atoms with E-state index < -0.39 is 10.0 Å². The maximum Gasteiger partial charge on any atom is 0.251 e. The van der Waals surface area contributed by atoms with Gasteiger partial charge in [0.05, 0.1) is 10.6 Å². The third-order valence-electron chi connectivity index (χ3n) is 4.91. The maximum absolute atomic E-state index is 12.5. The van der Waals surface area contributed by atoms with Crippen molar-refractivity contribution in [3.8, 4) is 0 Å². The van der Waals surface area contributed by atoms with Crippen LogP contribution in [0.1, 0.15) is 58.8 Å². The van der Waals surface area contributed by atoms with Gasteiger partial charge < -0.3 is 4.98 Å². The van der Waals surface area contributed by atoms with Crippen molar-refractivity contribution in [3.05, 3.63) is 43.8 Å². The lowest BCUT2D eigenvalue weighted by Gasteiger charge is -2.35. The van der Waals surface area contributed by atoms with Crippen LogP contribution in [0.25, 0.3) is 0 Å². The predicted octanol–water partition coefficient (Wildman–Crippen LogP) is 2.55. The molecule has 2 aromatic heterocycles. The van der Waals surface area contributed by atoms with Gasteiger partial charge in [-0.3, -0.25) is 4.79 Å². The fourth-order valence-corrected chi connectivity index (χ4v) is 6.18. The number of sulfonamides is 1. The fraction of sp³-hybridized carbons (Fsp3) is 0.529. The molecule has 2 N–H and O–H groups in total. The Morgan fingerprint density at radius 1 is 1.20 bits per heavy atom. The second-order valence-corrected chi connectivity index (χ2v) is 10.2. The Hall–Kier alpha value is -1.51. The van der Waals surface area contributed by atoms with E-state index in [2.05, 4.69) is 14.7 Å². The number of aryl methyl sites for hydroxylation is 2. The number of hydrogen-bond donors (Lipinski definition) is 2. The fourth-order valence-electron chi connectivity index (χ4n) is 3.37. The minimum Gasteiger partial charge on any atom is -0.310 e. The second-order valence-electron chi connectivity index (χ2n) is 7.09. The van der Waals surface area contributed by atoms with Crippen molar-refractivity contribution in [2.45, 2.75) is 62.3 Å². The normalized spacial score (nSPS) is 23.4. The van der Waals surface area contributed by atoms with Gasteiger partial charge in [0.25, 0.3) is 5.56 Å². The highest BCUT2D eigenvalue weighted by atomic mass is 32.2. The van der Waals surface area contributed by atoms with Crippen molar-refractivity contribution < 1.29 is 8.42 Å². The van der Waals surface area contributed by atoms with Gasteiger partial charge in [0.1, 0.15) is 5.82 Å². The number of aromatic nitrogens is 2. The van der Waals surface area contributed by atoms with Crippen LogP contribution in [-0.2, 0) is 10.0 Å². The van der Waals surface area contributed by atoms with Crippen molar-refractivity contribution in [2.75, 3.05) is 0 Å². The van der Waals surface area contributed by atoms with E-state index in [0.29, 0.717) is 23.7 Å². The number of thiophene rings is 1. The third kappa shape index (κ3) is 3.43. The number of nitrogens with one attached hydrogen (secondary N) is 2. The molecule has 2 aliphatic carbocycles. The zero-order valence-electron chi connectivity index (χ0n) is 14.2. The lowest BCUT2D eigenvalue weighted by Crippen LogP contribution is -2.43. The highest BCUT2D eigenvalue weighted by Gasteiger charge is 2.36. The van der Waals surface area contributed by atoms with E-state index >= 15 is 0 Å². The monoisotopic (exact) mass is 379 g/mol. The van der Waals surface area contributed by atoms with E-state index in [-0.39, 0.29) is 17.5 Å². The van der Waals surface area contributed by atoms with Crippen LogP contribution in [0.5, 0.6) is 0 Å². The van der Waals surface area contributed by atoms with Crippen molar-refractivity contribution in [1.82, 2.24) is 14.7 Å². The summed E-state index contributed by atoms with van der Waals surface area (Å²) in [6, 6.07) is 3.17. The smallest absolute Gasteiger partial charge is 0.251 e. The van der Waals surface area contributed by atoms with Crippen molar-refractivity contribution >= 4 is 21.4 Å². The summed E-state index contributed by atoms with van der Waals surface area (Å²) in [6.07, 6.45) is 3.53. The Morgan fingerprint density at radius 2 is 1.92 bits per heavy atom. The van der Waals surface area contributed by atoms with Gasteiger partial charge in [0.15, 0.2) is 0 Å². The molecule has 2 heterocycles. The first kappa shape index (κ1) is 16.9. The molecule has 0 spiro atoms. The SMILES string of the molecule is Cc1cc(S(=O)(=O)NC2CC(c3cc(=O)[nH]c(C4CC4)n3)C2)c(C)s1. The average molecular weight is 380 g/mol. The van der Waals surface area contributed by atoms with Crippen molar-refractivity contribution in [3.63, 3.8) is 0 Å². The molecule has 0 amide bonds. The zero-order valence-corrected chi connectivity index (χ0v) is 15.8. The van der Waals surface area contributed by atoms with E-state index in [1.807, 2.05) is 13.8 Å². The van der Waals surface area contributed by atoms with Gasteiger partial charge in [-0.15, -0.1) is 11.3 Å². The standard InChI is InChI=1S/C17H21N3O3S2/c1-9-5-15(10(2)24-9)25(22,23)20-13-6-12(7-13)14-8-16(21)19-17(18-14)11-3-4-11/h5,8,11-13,20H,3-4,6-7H2,1-2H3,(H,18,19,21). The Balaban J connectivity index is 1.44. The molecular formula is C17H21N3O3S2. The summed E-state index contributed by atoms with van der Waals surface area (Å²) in [5.41, 5.74) is 0.684. The minimum atomic E-state index is -3.48. The second kappa shape index (κ2) is 6.03. The highest BCUT2D eigenvalue weighted by molar-refractivity contribution is 7.89. The molecule has 8 heteroatoms. The van der Waals surface area contributed by atoms with Gasteiger partial charge in [-0.05, 0) is 45.6 Å². The van der Waals surface area contributed by atoms with Gasteiger partial charge in [-0.25, -0.2) is 18.1 Å². The molecule has 0 unspecified atom stereocenters. The molecular weight excluding hydrogens is 358 g/mol. The summed E-state index contributed by atoms with van der Waals surface area (Å²) in [6.45, 7) is 3.74. The lowest BCUT2D eigenvalue weighted by molar-refractivity contribution is 0.320. The van der Waals surface area contributed by atoms with E-state index in [0.717, 1.165) is 34.1 Å². The number of hydrogen-bond acceptors (Lipinski definition) is 5. The predicted molar refractivity (Wildman–Crippen MR) is 96.7 cm³/mol. The molecule has 2 aliphatic rings. The van der Waals surface area contributed by atoms with Crippen LogP contribution in [0.4, 0.5) is 0 Å². The van der Waals surface area contributed by atoms with Gasteiger partial charge in [-0.1, -0.05) is 0 Å². The quantitative estimate of drug-likeness (QED) is 0.835. The van der Waals surface area contributed by atoms with E-state index in [1.165, 1.54) is 11.3 Å². The highest BCUT2D eigenvalue weighted by Crippen LogP contribution is 2.40. The molecule has 2 saturated carbocycles. The summed E-state index contributed by atoms with van der Waals surface area (Å²) in [5, 5.41) is 0. The molecule has 0 aliphatic heterocycles. The average Bonchev–Trinajstić information content (AvgIpc) is 3.27. The first-order valence-corrected chi connectivity index (χ1v) is 10.8. The summed E-state index contributed by atoms with van der Waals surface area (Å²) in [5.74, 6) is 1.33. The molecule has 0 radical (unpaired) electrons. The zero-order chi connectivity index (χ0) is 17.8. The van der Waals surface area contributed by atoms with Crippen molar-refractivity contribution in [2.24, 2.45) is 0 Å². The Morgan fingerprint density at radius 3 is 2.52 bits per heavy atom. The maximum atomic E-state index is 12.5. The van der Waals surface area contributed by atoms with E-state index in [9.17, 15) is 13.2 Å². The summed E-state index contributed by atoms with van der Waals surface area (Å²) < 4.78 is 27.9. The molecule has 0 atom stereocenters.